The zero-order chi connectivity index (χ0) is 18.5. The van der Waals surface area contributed by atoms with Gasteiger partial charge in [-0.1, -0.05) is 0 Å². The molecule has 0 radical (unpaired) electrons. The third-order valence-corrected chi connectivity index (χ3v) is 2.73. The minimum absolute atomic E-state index is 0.0827. The number of carbonyl (C=O) groups is 3. The lowest BCUT2D eigenvalue weighted by Gasteiger charge is -2.37. The van der Waals surface area contributed by atoms with Crippen LogP contribution in [0.3, 0.4) is 0 Å². The van der Waals surface area contributed by atoms with E-state index in [1.54, 1.807) is 0 Å². The normalized spacial score (nSPS) is 16.3. The number of aliphatic hydroxyl groups excluding tert-OH is 3. The van der Waals surface area contributed by atoms with Crippen LogP contribution >= 0.6 is 0 Å². The quantitative estimate of drug-likeness (QED) is 0.110. The average molecular weight is 339 g/mol. The van der Waals surface area contributed by atoms with Crippen LogP contribution in [-0.2, 0) is 14.4 Å². The number of hydrogen-bond acceptors (Lipinski definition) is 9. The van der Waals surface area contributed by atoms with Crippen LogP contribution in [0, 0.1) is 5.41 Å². The number of carboxylic acids is 3. The van der Waals surface area contributed by atoms with Crippen molar-refractivity contribution in [1.29, 1.82) is 5.41 Å². The lowest BCUT2D eigenvalue weighted by atomic mass is 10.1. The van der Waals surface area contributed by atoms with E-state index in [2.05, 4.69) is 0 Å². The van der Waals surface area contributed by atoms with E-state index < -0.39 is 60.9 Å². The van der Waals surface area contributed by atoms with E-state index in [0.717, 1.165) is 0 Å². The van der Waals surface area contributed by atoms with Gasteiger partial charge in [-0.25, -0.2) is 9.59 Å². The molecule has 4 atom stereocenters. The molecule has 0 aromatic carbocycles. The summed E-state index contributed by atoms with van der Waals surface area (Å²) >= 11 is 0. The second kappa shape index (κ2) is 8.35. The molecule has 10 N–H and O–H groups in total. The molecule has 0 aromatic heterocycles. The molecule has 23 heavy (non-hydrogen) atoms. The van der Waals surface area contributed by atoms with E-state index in [1.165, 1.54) is 0 Å². The van der Waals surface area contributed by atoms with Gasteiger partial charge in [-0.15, -0.1) is 0 Å². The van der Waals surface area contributed by atoms with Crippen LogP contribution in [0.1, 0.15) is 6.42 Å². The highest BCUT2D eigenvalue weighted by atomic mass is 16.5. The van der Waals surface area contributed by atoms with E-state index in [0.29, 0.717) is 0 Å². The number of hydrogen-bond donors (Lipinski definition) is 9. The molecule has 0 bridgehead atoms. The number of rotatable bonds is 9. The van der Waals surface area contributed by atoms with Crippen LogP contribution in [0.2, 0.25) is 0 Å². The van der Waals surface area contributed by atoms with E-state index in [-0.39, 0.29) is 4.90 Å². The number of nitrogens with two attached hydrogens (primary N) is 1. The van der Waals surface area contributed by atoms with Crippen LogP contribution in [0.15, 0.2) is 0 Å². The second-order valence-electron chi connectivity index (χ2n) is 4.38. The molecule has 0 fully saturated rings. The average Bonchev–Trinajstić information content (AvgIpc) is 2.43. The molecule has 0 aliphatic heterocycles. The number of carboxylic acid groups (broad SMARTS) is 3. The van der Waals surface area contributed by atoms with Crippen molar-refractivity contribution in [3.05, 3.63) is 0 Å². The Hall–Kier alpha value is -2.32. The van der Waals surface area contributed by atoms with Crippen LogP contribution in [0.5, 0.6) is 0 Å². The molecule has 0 heterocycles. The van der Waals surface area contributed by atoms with E-state index in [1.807, 2.05) is 0 Å². The van der Waals surface area contributed by atoms with Gasteiger partial charge in [0.2, 0.25) is 0 Å². The molecule has 0 aromatic rings. The Kier molecular flexibility index (Phi) is 7.51. The third-order valence-electron chi connectivity index (χ3n) is 2.73. The summed E-state index contributed by atoms with van der Waals surface area (Å²) in [6, 6.07) is -2.16. The van der Waals surface area contributed by atoms with Crippen LogP contribution in [0.4, 0.5) is 0 Å². The van der Waals surface area contributed by atoms with Crippen molar-refractivity contribution in [3.63, 3.8) is 0 Å². The maximum absolute atomic E-state index is 11.2. The molecule has 0 saturated heterocycles. The summed E-state index contributed by atoms with van der Waals surface area (Å²) < 4.78 is 0. The smallest absolute Gasteiger partial charge is 0.336 e. The van der Waals surface area contributed by atoms with E-state index in [9.17, 15) is 24.6 Å². The van der Waals surface area contributed by atoms with Crippen molar-refractivity contribution >= 4 is 23.7 Å². The fourth-order valence-electron chi connectivity index (χ4n) is 1.60. The summed E-state index contributed by atoms with van der Waals surface area (Å²) in [6.45, 7) is 0. The molecular formula is C10H17N3O10. The molecule has 4 unspecified atom stereocenters. The van der Waals surface area contributed by atoms with Gasteiger partial charge in [0.15, 0.2) is 18.5 Å². The first kappa shape index (κ1) is 20.7. The first-order valence-corrected chi connectivity index (χ1v) is 5.93. The monoisotopic (exact) mass is 339 g/mol. The zero-order valence-corrected chi connectivity index (χ0v) is 11.5. The summed E-state index contributed by atoms with van der Waals surface area (Å²) in [5, 5.41) is 70.4. The van der Waals surface area contributed by atoms with Crippen LogP contribution in [-0.4, -0.2) is 95.1 Å². The van der Waals surface area contributed by atoms with Crippen LogP contribution < -0.4 is 5.73 Å². The van der Waals surface area contributed by atoms with Crippen molar-refractivity contribution in [3.8, 4) is 0 Å². The lowest BCUT2D eigenvalue weighted by molar-refractivity contribution is -0.155. The van der Waals surface area contributed by atoms with Crippen molar-refractivity contribution in [1.82, 2.24) is 4.90 Å². The van der Waals surface area contributed by atoms with Gasteiger partial charge < -0.3 is 46.4 Å². The molecule has 132 valence electrons. The predicted molar refractivity (Wildman–Crippen MR) is 69.1 cm³/mol. The zero-order valence-electron chi connectivity index (χ0n) is 11.5. The molecule has 0 aliphatic carbocycles. The standard InChI is InChI=1S/C10H17N3O10/c11-6(4(16)9(20)21)13(7(12)5(17)10(22)23)2(8(18)19)1-3(14)15/h2,4-6,10,12,16-17,22-23H,1,11H2,(H,14,15)(H,18,19)(H,20,21). The number of nitrogens with one attached hydrogen (secondary N) is 1. The molecule has 13 heteroatoms. The Morgan fingerprint density at radius 3 is 1.74 bits per heavy atom. The van der Waals surface area contributed by atoms with Gasteiger partial charge in [-0.3, -0.25) is 10.2 Å². The van der Waals surface area contributed by atoms with E-state index >= 15 is 0 Å². The molecule has 13 nitrogen and oxygen atoms in total. The molecular weight excluding hydrogens is 322 g/mol. The molecule has 0 rings (SSSR count). The number of aliphatic hydroxyl groups is 4. The highest BCUT2D eigenvalue weighted by Gasteiger charge is 2.41. The van der Waals surface area contributed by atoms with E-state index in [4.69, 9.17) is 36.7 Å². The SMILES string of the molecule is N=C(C(O)C(O)O)N(C(CC(=O)O)C(=O)O)C(N)C(O)C(=O)O. The topological polar surface area (TPSA) is 246 Å². The van der Waals surface area contributed by atoms with Gasteiger partial charge in [0.05, 0.1) is 6.42 Å². The molecule has 0 spiro atoms. The number of nitrogens with zero attached hydrogens (tertiary/aromatic N) is 1. The fourth-order valence-corrected chi connectivity index (χ4v) is 1.60. The summed E-state index contributed by atoms with van der Waals surface area (Å²) in [5.41, 5.74) is 5.34. The van der Waals surface area contributed by atoms with Gasteiger partial charge >= 0.3 is 17.9 Å². The fraction of sp³-hybridized carbons (Fsp3) is 0.600. The highest BCUT2D eigenvalue weighted by Crippen LogP contribution is 2.14. The highest BCUT2D eigenvalue weighted by molar-refractivity contribution is 5.91. The molecule has 0 saturated carbocycles. The summed E-state index contributed by atoms with van der Waals surface area (Å²) in [6.07, 6.45) is -10.8. The minimum atomic E-state index is -2.56. The van der Waals surface area contributed by atoms with Crippen molar-refractivity contribution < 1.29 is 50.1 Å². The van der Waals surface area contributed by atoms with Gasteiger partial charge in [-0.05, 0) is 0 Å². The second-order valence-corrected chi connectivity index (χ2v) is 4.38. The minimum Gasteiger partial charge on any atom is -0.481 e. The van der Waals surface area contributed by atoms with Crippen molar-refractivity contribution in [2.45, 2.75) is 37.1 Å². The maximum Gasteiger partial charge on any atom is 0.336 e. The van der Waals surface area contributed by atoms with Crippen molar-refractivity contribution in [2.24, 2.45) is 5.73 Å². The van der Waals surface area contributed by atoms with Gasteiger partial charge in [0, 0.05) is 0 Å². The van der Waals surface area contributed by atoms with Crippen LogP contribution in [0.25, 0.3) is 0 Å². The number of aliphatic carboxylic acids is 3. The summed E-state index contributed by atoms with van der Waals surface area (Å²) in [7, 11) is 0. The summed E-state index contributed by atoms with van der Waals surface area (Å²) in [4.78, 5) is 32.7. The molecule has 0 aliphatic rings. The Morgan fingerprint density at radius 1 is 0.957 bits per heavy atom. The Bertz CT molecular complexity index is 482. The van der Waals surface area contributed by atoms with Gasteiger partial charge in [0.1, 0.15) is 18.0 Å². The number of amidine groups is 1. The Labute approximate surface area is 128 Å². The first-order valence-electron chi connectivity index (χ1n) is 5.93. The predicted octanol–water partition coefficient (Wildman–Crippen LogP) is -4.40. The maximum atomic E-state index is 11.2. The van der Waals surface area contributed by atoms with Crippen molar-refractivity contribution in [2.75, 3.05) is 0 Å². The van der Waals surface area contributed by atoms with Gasteiger partial charge in [-0.2, -0.15) is 0 Å². The summed E-state index contributed by atoms with van der Waals surface area (Å²) in [5.74, 6) is -6.72. The Morgan fingerprint density at radius 2 is 1.43 bits per heavy atom. The van der Waals surface area contributed by atoms with Gasteiger partial charge in [0.25, 0.3) is 0 Å². The lowest BCUT2D eigenvalue weighted by Crippen LogP contribution is -2.63. The Balaban J connectivity index is 5.85. The largest absolute Gasteiger partial charge is 0.481 e. The third kappa shape index (κ3) is 5.42. The molecule has 0 amide bonds. The first-order chi connectivity index (χ1) is 10.4.